The van der Waals surface area contributed by atoms with E-state index in [0.717, 1.165) is 11.3 Å². The highest BCUT2D eigenvalue weighted by molar-refractivity contribution is 5.74. The van der Waals surface area contributed by atoms with Crippen LogP contribution >= 0.6 is 0 Å². The predicted molar refractivity (Wildman–Crippen MR) is 49.9 cm³/mol. The van der Waals surface area contributed by atoms with Crippen LogP contribution in [0.3, 0.4) is 0 Å². The minimum Gasteiger partial charge on any atom is -0.368 e. The minimum absolute atomic E-state index is 0.126. The van der Waals surface area contributed by atoms with Crippen LogP contribution in [0, 0.1) is 6.92 Å². The van der Waals surface area contributed by atoms with Gasteiger partial charge >= 0.3 is 0 Å². The fraction of sp³-hybridized carbons (Fsp3) is 0.500. The van der Waals surface area contributed by atoms with Gasteiger partial charge in [-0.15, -0.1) is 0 Å². The Morgan fingerprint density at radius 3 is 3.00 bits per heavy atom. The molecule has 14 heavy (non-hydrogen) atoms. The van der Waals surface area contributed by atoms with Crippen LogP contribution in [-0.2, 0) is 23.2 Å². The smallest absolute Gasteiger partial charge is 0.245 e. The van der Waals surface area contributed by atoms with Crippen molar-refractivity contribution in [3.8, 4) is 0 Å². The summed E-state index contributed by atoms with van der Waals surface area (Å²) < 4.78 is 1.77. The van der Waals surface area contributed by atoms with Crippen molar-refractivity contribution >= 4 is 5.91 Å². The van der Waals surface area contributed by atoms with Gasteiger partial charge in [0.1, 0.15) is 6.61 Å². The van der Waals surface area contributed by atoms with Crippen molar-refractivity contribution in [3.05, 3.63) is 17.5 Å². The third kappa shape index (κ3) is 2.82. The Labute approximate surface area is 82.0 Å². The van der Waals surface area contributed by atoms with E-state index in [2.05, 4.69) is 10.6 Å². The Kier molecular flexibility index (Phi) is 3.61. The van der Waals surface area contributed by atoms with Gasteiger partial charge in [0.25, 0.3) is 0 Å². The highest BCUT2D eigenvalue weighted by atomic mass is 16.6. The van der Waals surface area contributed by atoms with Gasteiger partial charge in [0.15, 0.2) is 0 Å². The molecule has 1 heterocycles. The number of nitrogens with two attached hydrogens (primary N) is 1. The zero-order chi connectivity index (χ0) is 10.6. The van der Waals surface area contributed by atoms with E-state index < -0.39 is 5.91 Å². The molecule has 0 saturated carbocycles. The molecule has 0 unspecified atom stereocenters. The lowest BCUT2D eigenvalue weighted by Gasteiger charge is -2.03. The Hall–Kier alpha value is -1.40. The maximum Gasteiger partial charge on any atom is 0.245 e. The number of carbonyl (C=O) groups excluding carboxylic acids is 1. The normalized spacial score (nSPS) is 10.4. The molecule has 78 valence electrons. The highest BCUT2D eigenvalue weighted by Crippen LogP contribution is 2.04. The van der Waals surface area contributed by atoms with Gasteiger partial charge in [0.2, 0.25) is 5.91 Å². The number of rotatable bonds is 5. The Balaban J connectivity index is 2.31. The monoisotopic (exact) mass is 198 g/mol. The molecule has 0 saturated heterocycles. The Bertz CT molecular complexity index is 321. The van der Waals surface area contributed by atoms with E-state index in [-0.39, 0.29) is 6.61 Å². The summed E-state index contributed by atoms with van der Waals surface area (Å²) in [6.07, 6.45) is 1.75. The average molecular weight is 198 g/mol. The van der Waals surface area contributed by atoms with Crippen LogP contribution in [0.2, 0.25) is 0 Å². The number of hydroxylamine groups is 1. The summed E-state index contributed by atoms with van der Waals surface area (Å²) in [5.41, 5.74) is 9.60. The number of carbonyl (C=O) groups is 1. The Morgan fingerprint density at radius 1 is 1.79 bits per heavy atom. The largest absolute Gasteiger partial charge is 0.368 e. The lowest BCUT2D eigenvalue weighted by molar-refractivity contribution is -0.125. The van der Waals surface area contributed by atoms with Gasteiger partial charge < -0.3 is 5.73 Å². The van der Waals surface area contributed by atoms with E-state index in [1.807, 2.05) is 14.0 Å². The minimum atomic E-state index is -0.500. The second kappa shape index (κ2) is 4.73. The van der Waals surface area contributed by atoms with Crippen molar-refractivity contribution in [1.82, 2.24) is 15.3 Å². The number of aromatic nitrogens is 2. The molecule has 0 bridgehead atoms. The highest BCUT2D eigenvalue weighted by Gasteiger charge is 2.02. The van der Waals surface area contributed by atoms with Gasteiger partial charge in [-0.25, -0.2) is 0 Å². The SMILES string of the molecule is Cc1c(CNOCC(N)=O)cnn1C. The summed E-state index contributed by atoms with van der Waals surface area (Å²) >= 11 is 0. The Morgan fingerprint density at radius 2 is 2.50 bits per heavy atom. The summed E-state index contributed by atoms with van der Waals surface area (Å²) in [5.74, 6) is -0.500. The molecule has 0 atom stereocenters. The summed E-state index contributed by atoms with van der Waals surface area (Å²) in [4.78, 5) is 15.1. The molecular formula is C8H14N4O2. The number of hydrogen-bond acceptors (Lipinski definition) is 4. The first kappa shape index (κ1) is 10.7. The summed E-state index contributed by atoms with van der Waals surface area (Å²) in [7, 11) is 1.86. The topological polar surface area (TPSA) is 82.2 Å². The van der Waals surface area contributed by atoms with Gasteiger partial charge in [0.05, 0.1) is 6.20 Å². The number of hydrogen-bond donors (Lipinski definition) is 2. The molecule has 0 spiro atoms. The van der Waals surface area contributed by atoms with Gasteiger partial charge in [-0.3, -0.25) is 14.3 Å². The lowest BCUT2D eigenvalue weighted by Crippen LogP contribution is -2.24. The van der Waals surface area contributed by atoms with Crippen molar-refractivity contribution in [2.24, 2.45) is 12.8 Å². The second-order valence-corrected chi connectivity index (χ2v) is 2.95. The first-order valence-electron chi connectivity index (χ1n) is 4.21. The van der Waals surface area contributed by atoms with E-state index in [4.69, 9.17) is 10.6 Å². The van der Waals surface area contributed by atoms with Crippen molar-refractivity contribution < 1.29 is 9.63 Å². The van der Waals surface area contributed by atoms with Gasteiger partial charge in [-0.1, -0.05) is 0 Å². The number of nitrogens with zero attached hydrogens (tertiary/aromatic N) is 2. The molecule has 1 amide bonds. The molecule has 0 radical (unpaired) electrons. The molecule has 6 heteroatoms. The molecule has 3 N–H and O–H groups in total. The third-order valence-corrected chi connectivity index (χ3v) is 1.92. The number of aryl methyl sites for hydroxylation is 1. The van der Waals surface area contributed by atoms with Crippen LogP contribution in [0.15, 0.2) is 6.20 Å². The van der Waals surface area contributed by atoms with E-state index in [1.165, 1.54) is 0 Å². The van der Waals surface area contributed by atoms with Crippen molar-refractivity contribution in [2.75, 3.05) is 6.61 Å². The molecule has 0 aliphatic heterocycles. The quantitative estimate of drug-likeness (QED) is 0.481. The number of nitrogens with one attached hydrogen (secondary N) is 1. The van der Waals surface area contributed by atoms with Crippen LogP contribution in [0.4, 0.5) is 0 Å². The number of amides is 1. The van der Waals surface area contributed by atoms with Gasteiger partial charge in [-0.2, -0.15) is 10.6 Å². The molecule has 0 fully saturated rings. The molecule has 0 aromatic carbocycles. The zero-order valence-corrected chi connectivity index (χ0v) is 8.28. The van der Waals surface area contributed by atoms with E-state index in [1.54, 1.807) is 10.9 Å². The average Bonchev–Trinajstić information content (AvgIpc) is 2.43. The fourth-order valence-electron chi connectivity index (χ4n) is 0.969. The van der Waals surface area contributed by atoms with Crippen LogP contribution in [0.5, 0.6) is 0 Å². The molecule has 0 aliphatic rings. The first-order valence-corrected chi connectivity index (χ1v) is 4.21. The van der Waals surface area contributed by atoms with Crippen LogP contribution in [0.1, 0.15) is 11.3 Å². The molecule has 6 nitrogen and oxygen atoms in total. The summed E-state index contributed by atoms with van der Waals surface area (Å²) in [6, 6.07) is 0. The van der Waals surface area contributed by atoms with E-state index in [9.17, 15) is 4.79 Å². The standard InChI is InChI=1S/C8H14N4O2/c1-6-7(3-10-12(6)2)4-11-14-5-8(9)13/h3,11H,4-5H2,1-2H3,(H2,9,13). The first-order chi connectivity index (χ1) is 6.61. The van der Waals surface area contributed by atoms with Gasteiger partial charge in [0, 0.05) is 24.8 Å². The summed E-state index contributed by atoms with van der Waals surface area (Å²) in [6.45, 7) is 2.34. The van der Waals surface area contributed by atoms with Crippen molar-refractivity contribution in [2.45, 2.75) is 13.5 Å². The van der Waals surface area contributed by atoms with Crippen molar-refractivity contribution in [1.29, 1.82) is 0 Å². The van der Waals surface area contributed by atoms with E-state index >= 15 is 0 Å². The maximum absolute atomic E-state index is 10.3. The molecule has 1 aromatic heterocycles. The van der Waals surface area contributed by atoms with E-state index in [0.29, 0.717) is 6.54 Å². The summed E-state index contributed by atoms with van der Waals surface area (Å²) in [5, 5.41) is 4.06. The molecule has 1 aromatic rings. The third-order valence-electron chi connectivity index (χ3n) is 1.92. The van der Waals surface area contributed by atoms with Gasteiger partial charge in [-0.05, 0) is 6.92 Å². The predicted octanol–water partition coefficient (Wildman–Crippen LogP) is -0.765. The molecule has 1 rings (SSSR count). The molecular weight excluding hydrogens is 184 g/mol. The number of primary amides is 1. The van der Waals surface area contributed by atoms with Crippen molar-refractivity contribution in [3.63, 3.8) is 0 Å². The van der Waals surface area contributed by atoms with Crippen LogP contribution < -0.4 is 11.2 Å². The van der Waals surface area contributed by atoms with Crippen LogP contribution in [0.25, 0.3) is 0 Å². The van der Waals surface area contributed by atoms with Crippen LogP contribution in [-0.4, -0.2) is 22.3 Å². The zero-order valence-electron chi connectivity index (χ0n) is 8.28. The lowest BCUT2D eigenvalue weighted by atomic mass is 10.3. The fourth-order valence-corrected chi connectivity index (χ4v) is 0.969. The molecule has 0 aliphatic carbocycles. The maximum atomic E-state index is 10.3. The second-order valence-electron chi connectivity index (χ2n) is 2.95.